The Hall–Kier alpha value is -1.85. The minimum atomic E-state index is -0.539. The molecule has 172 valence electrons. The maximum atomic E-state index is 10.3. The van der Waals surface area contributed by atoms with Gasteiger partial charge in [-0.05, 0) is 68.7 Å². The van der Waals surface area contributed by atoms with Crippen molar-refractivity contribution < 1.29 is 5.11 Å². The third-order valence-corrected chi connectivity index (χ3v) is 8.14. The van der Waals surface area contributed by atoms with Gasteiger partial charge in [-0.15, -0.1) is 11.3 Å². The first-order chi connectivity index (χ1) is 15.4. The van der Waals surface area contributed by atoms with Gasteiger partial charge in [0.1, 0.15) is 10.8 Å². The van der Waals surface area contributed by atoms with Crippen LogP contribution in [0.3, 0.4) is 0 Å². The summed E-state index contributed by atoms with van der Waals surface area (Å²) in [6, 6.07) is 4.47. The zero-order chi connectivity index (χ0) is 22.1. The van der Waals surface area contributed by atoms with Crippen molar-refractivity contribution in [2.45, 2.75) is 50.8 Å². The number of likely N-dealkylation sites (N-methyl/N-ethyl adjacent to an activating group) is 1. The Bertz CT molecular complexity index is 1050. The van der Waals surface area contributed by atoms with Gasteiger partial charge in [0.15, 0.2) is 0 Å². The molecule has 1 aliphatic carbocycles. The van der Waals surface area contributed by atoms with Gasteiger partial charge in [0.25, 0.3) is 0 Å². The number of hydrogen-bond donors (Lipinski definition) is 3. The van der Waals surface area contributed by atoms with Crippen molar-refractivity contribution in [3.8, 4) is 0 Å². The van der Waals surface area contributed by atoms with Gasteiger partial charge in [0.2, 0.25) is 5.95 Å². The lowest BCUT2D eigenvalue weighted by atomic mass is 9.84. The Labute approximate surface area is 196 Å². The number of rotatable bonds is 6. The molecule has 0 spiro atoms. The number of hydrogen-bond acceptors (Lipinski definition) is 10. The number of nitrogens with one attached hydrogen (secondary N) is 2. The first-order valence-corrected chi connectivity index (χ1v) is 13.0. The molecule has 8 nitrogen and oxygen atoms in total. The van der Waals surface area contributed by atoms with Crippen LogP contribution in [0.4, 0.5) is 16.8 Å². The van der Waals surface area contributed by atoms with Crippen LogP contribution < -0.4 is 10.6 Å². The Kier molecular flexibility index (Phi) is 6.31. The zero-order valence-electron chi connectivity index (χ0n) is 18.7. The van der Waals surface area contributed by atoms with Crippen molar-refractivity contribution in [1.29, 1.82) is 0 Å². The molecule has 2 aliphatic rings. The maximum Gasteiger partial charge on any atom is 0.230 e. The molecule has 0 amide bonds. The third kappa shape index (κ3) is 5.20. The Morgan fingerprint density at radius 1 is 1.19 bits per heavy atom. The Morgan fingerprint density at radius 2 is 1.97 bits per heavy atom. The fourth-order valence-corrected chi connectivity index (χ4v) is 5.82. The van der Waals surface area contributed by atoms with E-state index in [1.807, 2.05) is 13.0 Å². The third-order valence-electron chi connectivity index (χ3n) is 6.48. The fraction of sp³-hybridized carbons (Fsp3) is 0.591. The van der Waals surface area contributed by atoms with Crippen LogP contribution in [0.1, 0.15) is 38.3 Å². The minimum absolute atomic E-state index is 0.321. The van der Waals surface area contributed by atoms with E-state index in [4.69, 9.17) is 9.97 Å². The molecule has 3 aromatic rings. The number of nitrogens with zero attached hydrogens (tertiary/aromatic N) is 5. The van der Waals surface area contributed by atoms with Crippen LogP contribution >= 0.6 is 22.9 Å². The van der Waals surface area contributed by atoms with E-state index in [1.54, 1.807) is 11.3 Å². The van der Waals surface area contributed by atoms with Crippen molar-refractivity contribution in [3.63, 3.8) is 0 Å². The monoisotopic (exact) mass is 473 g/mol. The summed E-state index contributed by atoms with van der Waals surface area (Å²) >= 11 is 3.12. The molecule has 4 heterocycles. The topological polar surface area (TPSA) is 89.4 Å². The van der Waals surface area contributed by atoms with Gasteiger partial charge in [-0.25, -0.2) is 4.98 Å². The second kappa shape index (κ2) is 9.18. The first-order valence-electron chi connectivity index (χ1n) is 11.3. The average molecular weight is 474 g/mol. The zero-order valence-corrected chi connectivity index (χ0v) is 20.3. The fourth-order valence-electron chi connectivity index (χ4n) is 4.39. The molecule has 0 atom stereocenters. The largest absolute Gasteiger partial charge is 0.390 e. The van der Waals surface area contributed by atoms with E-state index >= 15 is 0 Å². The molecule has 32 heavy (non-hydrogen) atoms. The molecule has 0 radical (unpaired) electrons. The summed E-state index contributed by atoms with van der Waals surface area (Å²) in [7, 11) is 2.17. The van der Waals surface area contributed by atoms with Crippen LogP contribution in [0, 0.1) is 0 Å². The van der Waals surface area contributed by atoms with Crippen LogP contribution in [-0.2, 0) is 6.54 Å². The summed E-state index contributed by atoms with van der Waals surface area (Å²) in [6.45, 7) is 7.20. The van der Waals surface area contributed by atoms with E-state index in [9.17, 15) is 5.11 Å². The summed E-state index contributed by atoms with van der Waals surface area (Å²) in [6.07, 6.45) is 3.50. The van der Waals surface area contributed by atoms with E-state index in [2.05, 4.69) is 43.3 Å². The van der Waals surface area contributed by atoms with Crippen molar-refractivity contribution in [1.82, 2.24) is 24.1 Å². The van der Waals surface area contributed by atoms with Gasteiger partial charge in [-0.1, -0.05) is 0 Å². The number of thiophene rings is 1. The van der Waals surface area contributed by atoms with Crippen molar-refractivity contribution >= 4 is 49.9 Å². The molecule has 0 aromatic carbocycles. The molecule has 1 aliphatic heterocycles. The molecule has 0 bridgehead atoms. The summed E-state index contributed by atoms with van der Waals surface area (Å²) in [4.78, 5) is 14.3. The highest BCUT2D eigenvalue weighted by Gasteiger charge is 2.29. The Morgan fingerprint density at radius 3 is 2.75 bits per heavy atom. The lowest BCUT2D eigenvalue weighted by Gasteiger charge is -2.33. The van der Waals surface area contributed by atoms with Gasteiger partial charge in [0.05, 0.1) is 21.5 Å². The van der Waals surface area contributed by atoms with Crippen LogP contribution in [-0.4, -0.2) is 74.1 Å². The number of aromatic nitrogens is 3. The Balaban J connectivity index is 1.27. The molecule has 1 saturated carbocycles. The number of aliphatic hydroxyl groups is 1. The quantitative estimate of drug-likeness (QED) is 0.499. The maximum absolute atomic E-state index is 10.3. The van der Waals surface area contributed by atoms with Crippen molar-refractivity contribution in [2.75, 3.05) is 43.9 Å². The second-order valence-electron chi connectivity index (χ2n) is 9.33. The van der Waals surface area contributed by atoms with E-state index < -0.39 is 5.60 Å². The molecule has 0 unspecified atom stereocenters. The minimum Gasteiger partial charge on any atom is -0.390 e. The highest BCUT2D eigenvalue weighted by atomic mass is 32.1. The highest BCUT2D eigenvalue weighted by Crippen LogP contribution is 2.33. The predicted octanol–water partition coefficient (Wildman–Crippen LogP) is 3.74. The molecule has 5 rings (SSSR count). The molecular weight excluding hydrogens is 442 g/mol. The molecule has 10 heteroatoms. The molecule has 2 fully saturated rings. The lowest BCUT2D eigenvalue weighted by Crippen LogP contribution is -2.43. The summed E-state index contributed by atoms with van der Waals surface area (Å²) in [5.41, 5.74) is 1.49. The first kappa shape index (κ1) is 22.0. The van der Waals surface area contributed by atoms with Crippen molar-refractivity contribution in [3.05, 3.63) is 23.2 Å². The van der Waals surface area contributed by atoms with Gasteiger partial charge in [-0.2, -0.15) is 9.36 Å². The second-order valence-corrected chi connectivity index (χ2v) is 11.1. The predicted molar refractivity (Wildman–Crippen MR) is 132 cm³/mol. The summed E-state index contributed by atoms with van der Waals surface area (Å²) < 4.78 is 5.72. The summed E-state index contributed by atoms with van der Waals surface area (Å²) in [5, 5.41) is 20.3. The van der Waals surface area contributed by atoms with Gasteiger partial charge in [-0.3, -0.25) is 4.90 Å². The average Bonchev–Trinajstić information content (AvgIpc) is 3.41. The van der Waals surface area contributed by atoms with Gasteiger partial charge < -0.3 is 20.6 Å². The molecule has 3 aromatic heterocycles. The van der Waals surface area contributed by atoms with Gasteiger partial charge >= 0.3 is 0 Å². The normalized spacial score (nSPS) is 25.3. The van der Waals surface area contributed by atoms with Crippen LogP contribution in [0.15, 0.2) is 17.5 Å². The van der Waals surface area contributed by atoms with Crippen LogP contribution in [0.25, 0.3) is 10.2 Å². The van der Waals surface area contributed by atoms with E-state index in [1.165, 1.54) is 11.5 Å². The van der Waals surface area contributed by atoms with Crippen LogP contribution in [0.2, 0.25) is 0 Å². The number of anilines is 3. The molecule has 1 saturated heterocycles. The number of piperazine rings is 1. The smallest absolute Gasteiger partial charge is 0.230 e. The molecule has 3 N–H and O–H groups in total. The van der Waals surface area contributed by atoms with Crippen molar-refractivity contribution in [2.24, 2.45) is 0 Å². The standard InChI is InChI=1S/C22H31N7OS2/c1-22(30)6-3-15(4-7-22)23-20-19-17(5-12-31-19)24-21(26-20)25-18-13-16(27-32-18)14-29-10-8-28(2)9-11-29/h5,12-13,15,30H,3-4,6-11,14H2,1-2H3,(H2,23,24,25,26). The van der Waals surface area contributed by atoms with E-state index in [-0.39, 0.29) is 0 Å². The van der Waals surface area contributed by atoms with Gasteiger partial charge in [0, 0.05) is 38.8 Å². The van der Waals surface area contributed by atoms with Crippen LogP contribution in [0.5, 0.6) is 0 Å². The highest BCUT2D eigenvalue weighted by molar-refractivity contribution is 7.17. The lowest BCUT2D eigenvalue weighted by molar-refractivity contribution is 0.0196. The number of fused-ring (bicyclic) bond motifs is 1. The van der Waals surface area contributed by atoms with E-state index in [0.717, 1.165) is 85.1 Å². The summed E-state index contributed by atoms with van der Waals surface area (Å²) in [5.74, 6) is 1.47. The SMILES string of the molecule is CN1CCN(Cc2cc(Nc3nc(NC4CCC(C)(O)CC4)c4sccc4n3)sn2)CC1. The van der Waals surface area contributed by atoms with E-state index in [0.29, 0.717) is 12.0 Å². The molecular formula is C22H31N7OS2.